The van der Waals surface area contributed by atoms with Gasteiger partial charge in [0.05, 0.1) is 16.6 Å². The van der Waals surface area contributed by atoms with Gasteiger partial charge in [-0.05, 0) is 36.4 Å². The first-order valence-corrected chi connectivity index (χ1v) is 9.79. The quantitative estimate of drug-likeness (QED) is 0.313. The Morgan fingerprint density at radius 1 is 0.324 bits per heavy atom. The van der Waals surface area contributed by atoms with Crippen LogP contribution in [0.15, 0.2) is 128 Å². The van der Waals surface area contributed by atoms with Crippen molar-refractivity contribution in [3.63, 3.8) is 0 Å². The number of pyridine rings is 3. The van der Waals surface area contributed by atoms with Crippen molar-refractivity contribution in [2.45, 2.75) is 0 Å². The second kappa shape index (κ2) is 16.0. The molecule has 171 valence electrons. The molecule has 6 nitrogen and oxygen atoms in total. The van der Waals surface area contributed by atoms with E-state index in [0.717, 1.165) is 16.6 Å². The summed E-state index contributed by atoms with van der Waals surface area (Å²) < 4.78 is 0. The highest BCUT2D eigenvalue weighted by atomic mass is 27.0. The van der Waals surface area contributed by atoms with E-state index in [1.54, 1.807) is 0 Å². The highest BCUT2D eigenvalue weighted by molar-refractivity contribution is 5.79. The molecule has 0 spiro atoms. The molecule has 3 aromatic heterocycles. The summed E-state index contributed by atoms with van der Waals surface area (Å²) in [6.45, 7) is 0. The summed E-state index contributed by atoms with van der Waals surface area (Å²) in [5.41, 5.74) is 3.18. The van der Waals surface area contributed by atoms with Gasteiger partial charge in [-0.15, -0.1) is 0 Å². The molecule has 0 aliphatic heterocycles. The summed E-state index contributed by atoms with van der Waals surface area (Å²) in [7, 11) is 0. The Balaban J connectivity index is 0.000000454. The summed E-state index contributed by atoms with van der Waals surface area (Å²) in [6.07, 6.45) is 5.42. The summed E-state index contributed by atoms with van der Waals surface area (Å²) in [4.78, 5) is 12.5. The molecule has 0 saturated heterocycles. The van der Waals surface area contributed by atoms with Gasteiger partial charge in [-0.1, -0.05) is 72.8 Å². The molecule has 6 aromatic rings. The zero-order valence-electron chi connectivity index (χ0n) is 18.5. The second-order valence-electron chi connectivity index (χ2n) is 6.59. The monoisotopic (exact) mass is 468 g/mol. The highest BCUT2D eigenvalue weighted by Gasteiger charge is 1.88. The SMILES string of the molecule is O.O.O.[Al].c1ccc2ncccc2c1.c1ccc2ncccc2c1.c1ccc2ncccc2c1. The van der Waals surface area contributed by atoms with Crippen molar-refractivity contribution in [3.05, 3.63) is 128 Å². The largest absolute Gasteiger partial charge is 0.412 e. The van der Waals surface area contributed by atoms with Gasteiger partial charge in [0, 0.05) is 52.1 Å². The van der Waals surface area contributed by atoms with Crippen molar-refractivity contribution in [3.8, 4) is 0 Å². The van der Waals surface area contributed by atoms with Crippen molar-refractivity contribution in [1.29, 1.82) is 0 Å². The molecule has 0 unspecified atom stereocenters. The fourth-order valence-electron chi connectivity index (χ4n) is 3.05. The van der Waals surface area contributed by atoms with Crippen LogP contribution in [-0.4, -0.2) is 48.7 Å². The normalized spacial score (nSPS) is 8.82. The number of nitrogens with zero attached hydrogens (tertiary/aromatic N) is 3. The van der Waals surface area contributed by atoms with Crippen LogP contribution < -0.4 is 0 Å². The average molecular weight is 469 g/mol. The van der Waals surface area contributed by atoms with E-state index < -0.39 is 0 Å². The van der Waals surface area contributed by atoms with Crippen molar-refractivity contribution < 1.29 is 16.4 Å². The van der Waals surface area contributed by atoms with Crippen LogP contribution in [0.1, 0.15) is 0 Å². The molecule has 0 amide bonds. The molecule has 0 aliphatic rings. The fourth-order valence-corrected chi connectivity index (χ4v) is 3.05. The van der Waals surface area contributed by atoms with E-state index in [0.29, 0.717) is 0 Å². The van der Waals surface area contributed by atoms with Crippen molar-refractivity contribution in [2.24, 2.45) is 0 Å². The molecule has 0 aliphatic carbocycles. The smallest absolute Gasteiger partial charge is 0.0701 e. The predicted octanol–water partition coefficient (Wildman–Crippen LogP) is 3.85. The predicted molar refractivity (Wildman–Crippen MR) is 142 cm³/mol. The van der Waals surface area contributed by atoms with Gasteiger partial charge in [-0.2, -0.15) is 0 Å². The molecule has 6 rings (SSSR count). The van der Waals surface area contributed by atoms with Crippen LogP contribution in [0.5, 0.6) is 0 Å². The number of hydrogen-bond donors (Lipinski definition) is 0. The first-order valence-electron chi connectivity index (χ1n) is 9.79. The third kappa shape index (κ3) is 8.34. The van der Waals surface area contributed by atoms with E-state index in [-0.39, 0.29) is 33.8 Å². The molecule has 3 heterocycles. The molecule has 6 N–H and O–H groups in total. The number of rotatable bonds is 0. The van der Waals surface area contributed by atoms with E-state index in [1.807, 2.05) is 91.4 Å². The van der Waals surface area contributed by atoms with Gasteiger partial charge < -0.3 is 16.4 Å². The minimum absolute atomic E-state index is 0. The van der Waals surface area contributed by atoms with Crippen LogP contribution in [0.3, 0.4) is 0 Å². The van der Waals surface area contributed by atoms with Crippen molar-refractivity contribution >= 4 is 50.1 Å². The van der Waals surface area contributed by atoms with Gasteiger partial charge in [0.15, 0.2) is 0 Å². The summed E-state index contributed by atoms with van der Waals surface area (Å²) >= 11 is 0. The summed E-state index contributed by atoms with van der Waals surface area (Å²) in [6, 6.07) is 36.3. The molecular formula is C27H27AlN3O3. The van der Waals surface area contributed by atoms with Gasteiger partial charge in [0.25, 0.3) is 0 Å². The molecule has 7 heteroatoms. The van der Waals surface area contributed by atoms with Crippen LogP contribution >= 0.6 is 0 Å². The number of hydrogen-bond acceptors (Lipinski definition) is 3. The molecule has 0 bridgehead atoms. The number of aromatic nitrogens is 3. The van der Waals surface area contributed by atoms with Gasteiger partial charge in [-0.25, -0.2) is 0 Å². The molecule has 3 radical (unpaired) electrons. The summed E-state index contributed by atoms with van der Waals surface area (Å²) in [5.74, 6) is 0. The fraction of sp³-hybridized carbons (Fsp3) is 0. The minimum atomic E-state index is 0. The van der Waals surface area contributed by atoms with E-state index in [2.05, 4.69) is 51.4 Å². The maximum atomic E-state index is 4.18. The van der Waals surface area contributed by atoms with E-state index >= 15 is 0 Å². The molecule has 0 atom stereocenters. The topological polar surface area (TPSA) is 133 Å². The molecule has 34 heavy (non-hydrogen) atoms. The van der Waals surface area contributed by atoms with Crippen LogP contribution in [0.2, 0.25) is 0 Å². The van der Waals surface area contributed by atoms with Crippen LogP contribution in [0, 0.1) is 0 Å². The number of para-hydroxylation sites is 3. The second-order valence-corrected chi connectivity index (χ2v) is 6.59. The molecule has 0 fully saturated rings. The van der Waals surface area contributed by atoms with Crippen LogP contribution in [-0.2, 0) is 0 Å². The zero-order chi connectivity index (χ0) is 20.4. The first kappa shape index (κ1) is 30.3. The Morgan fingerprint density at radius 3 is 0.824 bits per heavy atom. The lowest BCUT2D eigenvalue weighted by atomic mass is 10.2. The van der Waals surface area contributed by atoms with E-state index in [1.165, 1.54) is 16.2 Å². The third-order valence-corrected chi connectivity index (χ3v) is 4.54. The molecule has 3 aromatic carbocycles. The average Bonchev–Trinajstić information content (AvgIpc) is 2.85. The lowest BCUT2D eigenvalue weighted by molar-refractivity contribution is 0.823. The molecular weight excluding hydrogens is 441 g/mol. The lowest BCUT2D eigenvalue weighted by Gasteiger charge is -1.91. The van der Waals surface area contributed by atoms with E-state index in [9.17, 15) is 0 Å². The van der Waals surface area contributed by atoms with Gasteiger partial charge >= 0.3 is 0 Å². The Kier molecular flexibility index (Phi) is 14.3. The van der Waals surface area contributed by atoms with Gasteiger partial charge in [-0.3, -0.25) is 15.0 Å². The van der Waals surface area contributed by atoms with E-state index in [4.69, 9.17) is 0 Å². The maximum Gasteiger partial charge on any atom is 0.0701 e. The molecule has 0 saturated carbocycles. The lowest BCUT2D eigenvalue weighted by Crippen LogP contribution is -1.73. The standard InChI is InChI=1S/3C9H7N.Al.3H2O/c3*1-2-6-9-8(4-1)5-3-7-10-9;;;;/h3*1-7H;;3*1H2. The maximum absolute atomic E-state index is 4.18. The Morgan fingerprint density at radius 2 is 0.559 bits per heavy atom. The number of benzene rings is 3. The third-order valence-electron chi connectivity index (χ3n) is 4.54. The summed E-state index contributed by atoms with van der Waals surface area (Å²) in [5, 5.41) is 3.60. The van der Waals surface area contributed by atoms with Crippen LogP contribution in [0.25, 0.3) is 32.7 Å². The van der Waals surface area contributed by atoms with Crippen molar-refractivity contribution in [1.82, 2.24) is 15.0 Å². The number of fused-ring (bicyclic) bond motifs is 3. The first-order chi connectivity index (χ1) is 14.9. The van der Waals surface area contributed by atoms with Gasteiger partial charge in [0.1, 0.15) is 0 Å². The Bertz CT molecular complexity index is 1020. The Labute approximate surface area is 209 Å². The zero-order valence-corrected chi connectivity index (χ0v) is 19.7. The minimum Gasteiger partial charge on any atom is -0.412 e. The van der Waals surface area contributed by atoms with Gasteiger partial charge in [0.2, 0.25) is 0 Å². The Hall–Kier alpha value is -3.70. The highest BCUT2D eigenvalue weighted by Crippen LogP contribution is 2.09. The van der Waals surface area contributed by atoms with Crippen molar-refractivity contribution in [2.75, 3.05) is 0 Å². The van der Waals surface area contributed by atoms with Crippen LogP contribution in [0.4, 0.5) is 0 Å².